The molecule has 146 valence electrons. The fourth-order valence-corrected chi connectivity index (χ4v) is 4.90. The number of thiophene rings is 1. The predicted molar refractivity (Wildman–Crippen MR) is 114 cm³/mol. The third-order valence-corrected chi connectivity index (χ3v) is 6.67. The summed E-state index contributed by atoms with van der Waals surface area (Å²) in [5, 5.41) is 1.33. The van der Waals surface area contributed by atoms with Gasteiger partial charge in [0.2, 0.25) is 0 Å². The van der Waals surface area contributed by atoms with Crippen LogP contribution < -0.4 is 5.56 Å². The molecule has 0 saturated heterocycles. The van der Waals surface area contributed by atoms with E-state index in [0.29, 0.717) is 41.2 Å². The molecular weight excluding hydrogens is 395 g/mol. The molecule has 0 spiro atoms. The van der Waals surface area contributed by atoms with Gasteiger partial charge in [-0.15, -0.1) is 17.9 Å². The number of fused-ring (bicyclic) bond motifs is 1. The van der Waals surface area contributed by atoms with E-state index in [9.17, 15) is 14.0 Å². The highest BCUT2D eigenvalue weighted by Crippen LogP contribution is 2.28. The first kappa shape index (κ1) is 20.5. The lowest BCUT2D eigenvalue weighted by molar-refractivity contribution is 0.0982. The summed E-state index contributed by atoms with van der Waals surface area (Å²) in [5.74, 6) is 0.288. The number of carbonyl (C=O) groups excluding carboxylic acids is 1. The number of halogens is 1. The van der Waals surface area contributed by atoms with Gasteiger partial charge in [0.1, 0.15) is 10.6 Å². The van der Waals surface area contributed by atoms with Crippen LogP contribution in [0.2, 0.25) is 0 Å². The molecule has 0 saturated carbocycles. The maximum atomic E-state index is 13.0. The number of carbonyl (C=O) groups is 1. The zero-order valence-electron chi connectivity index (χ0n) is 15.8. The fourth-order valence-electron chi connectivity index (χ4n) is 2.89. The average molecular weight is 417 g/mol. The van der Waals surface area contributed by atoms with Crippen molar-refractivity contribution in [3.05, 3.63) is 69.1 Å². The molecule has 0 aliphatic rings. The molecule has 0 fully saturated rings. The highest BCUT2D eigenvalue weighted by atomic mass is 32.2. The van der Waals surface area contributed by atoms with Crippen LogP contribution in [0.5, 0.6) is 0 Å². The van der Waals surface area contributed by atoms with Crippen molar-refractivity contribution in [2.75, 3.05) is 5.75 Å². The lowest BCUT2D eigenvalue weighted by atomic mass is 10.1. The van der Waals surface area contributed by atoms with E-state index in [4.69, 9.17) is 4.98 Å². The molecule has 0 amide bonds. The van der Waals surface area contributed by atoms with E-state index in [-0.39, 0.29) is 17.2 Å². The van der Waals surface area contributed by atoms with Gasteiger partial charge in [-0.05, 0) is 50.1 Å². The Labute approximate surface area is 171 Å². The lowest BCUT2D eigenvalue weighted by Crippen LogP contribution is -2.22. The second-order valence-electron chi connectivity index (χ2n) is 6.44. The van der Waals surface area contributed by atoms with E-state index in [1.807, 2.05) is 13.8 Å². The zero-order chi connectivity index (χ0) is 20.3. The molecule has 28 heavy (non-hydrogen) atoms. The van der Waals surface area contributed by atoms with E-state index in [2.05, 4.69) is 6.58 Å². The van der Waals surface area contributed by atoms with Crippen LogP contribution in [0.4, 0.5) is 4.39 Å². The van der Waals surface area contributed by atoms with Crippen molar-refractivity contribution >= 4 is 39.1 Å². The number of benzene rings is 1. The summed E-state index contributed by atoms with van der Waals surface area (Å²) in [5.41, 5.74) is 1.45. The third kappa shape index (κ3) is 4.25. The number of aromatic nitrogens is 2. The first-order chi connectivity index (χ1) is 13.4. The Morgan fingerprint density at radius 3 is 2.71 bits per heavy atom. The molecule has 0 N–H and O–H groups in total. The average Bonchev–Trinajstić information content (AvgIpc) is 2.96. The highest BCUT2D eigenvalue weighted by Gasteiger charge is 2.16. The van der Waals surface area contributed by atoms with Crippen LogP contribution in [0.15, 0.2) is 46.9 Å². The van der Waals surface area contributed by atoms with Gasteiger partial charge in [-0.2, -0.15) is 0 Å². The SMILES string of the molecule is C=CCn1c(SCCCC(=O)c2ccc(F)cc2)nc2sc(C)c(C)c2c1=O. The molecule has 1 aromatic carbocycles. The maximum absolute atomic E-state index is 13.0. The van der Waals surface area contributed by atoms with Crippen LogP contribution in [0.3, 0.4) is 0 Å². The van der Waals surface area contributed by atoms with Gasteiger partial charge in [-0.25, -0.2) is 9.37 Å². The van der Waals surface area contributed by atoms with Crippen molar-refractivity contribution in [2.45, 2.75) is 38.4 Å². The number of rotatable bonds is 8. The topological polar surface area (TPSA) is 52.0 Å². The predicted octanol–water partition coefficient (Wildman–Crippen LogP) is 5.16. The Morgan fingerprint density at radius 2 is 2.04 bits per heavy atom. The minimum absolute atomic E-state index is 0.0167. The monoisotopic (exact) mass is 416 g/mol. The molecule has 0 bridgehead atoms. The summed E-state index contributed by atoms with van der Waals surface area (Å²) in [6.45, 7) is 8.08. The number of nitrogens with zero attached hydrogens (tertiary/aromatic N) is 2. The lowest BCUT2D eigenvalue weighted by Gasteiger charge is -2.10. The van der Waals surface area contributed by atoms with Gasteiger partial charge < -0.3 is 0 Å². The van der Waals surface area contributed by atoms with Crippen LogP contribution in [-0.4, -0.2) is 21.1 Å². The molecule has 0 aliphatic carbocycles. The van der Waals surface area contributed by atoms with Gasteiger partial charge in [0.05, 0.1) is 5.39 Å². The van der Waals surface area contributed by atoms with Gasteiger partial charge in [0.25, 0.3) is 5.56 Å². The van der Waals surface area contributed by atoms with Crippen molar-refractivity contribution in [2.24, 2.45) is 0 Å². The molecule has 0 aliphatic heterocycles. The number of Topliss-reactive ketones (excluding diaryl/α,β-unsaturated/α-hetero) is 1. The van der Waals surface area contributed by atoms with Crippen molar-refractivity contribution in [3.8, 4) is 0 Å². The Balaban J connectivity index is 1.72. The van der Waals surface area contributed by atoms with Crippen molar-refractivity contribution in [1.29, 1.82) is 0 Å². The quantitative estimate of drug-likeness (QED) is 0.167. The summed E-state index contributed by atoms with van der Waals surface area (Å²) in [6.07, 6.45) is 2.70. The van der Waals surface area contributed by atoms with Crippen molar-refractivity contribution < 1.29 is 9.18 Å². The van der Waals surface area contributed by atoms with E-state index in [1.54, 1.807) is 10.6 Å². The molecule has 2 aromatic heterocycles. The summed E-state index contributed by atoms with van der Waals surface area (Å²) >= 11 is 3.00. The molecule has 2 heterocycles. The van der Waals surface area contributed by atoms with Crippen LogP contribution in [0.1, 0.15) is 33.6 Å². The molecule has 7 heteroatoms. The smallest absolute Gasteiger partial charge is 0.263 e. The van der Waals surface area contributed by atoms with Gasteiger partial charge in [-0.3, -0.25) is 14.2 Å². The van der Waals surface area contributed by atoms with E-state index >= 15 is 0 Å². The van der Waals surface area contributed by atoms with Gasteiger partial charge in [0, 0.05) is 29.2 Å². The number of thioether (sulfide) groups is 1. The van der Waals surface area contributed by atoms with Gasteiger partial charge in [0.15, 0.2) is 10.9 Å². The van der Waals surface area contributed by atoms with Crippen molar-refractivity contribution in [3.63, 3.8) is 0 Å². The van der Waals surface area contributed by atoms with E-state index in [0.717, 1.165) is 15.3 Å². The summed E-state index contributed by atoms with van der Waals surface area (Å²) in [7, 11) is 0. The minimum atomic E-state index is -0.354. The standard InChI is InChI=1S/C21H21FN2O2S2/c1-4-11-24-20(26)18-13(2)14(3)28-19(18)23-21(24)27-12-5-6-17(25)15-7-9-16(22)10-8-15/h4,7-10H,1,5-6,11-12H2,2-3H3. The van der Waals surface area contributed by atoms with Crippen LogP contribution in [0, 0.1) is 19.7 Å². The minimum Gasteiger partial charge on any atom is -0.294 e. The van der Waals surface area contributed by atoms with Crippen LogP contribution in [-0.2, 0) is 6.54 Å². The molecule has 4 nitrogen and oxygen atoms in total. The Kier molecular flexibility index (Phi) is 6.46. The second kappa shape index (κ2) is 8.84. The number of aryl methyl sites for hydroxylation is 2. The second-order valence-corrected chi connectivity index (χ2v) is 8.71. The van der Waals surface area contributed by atoms with E-state index < -0.39 is 0 Å². The third-order valence-electron chi connectivity index (χ3n) is 4.51. The highest BCUT2D eigenvalue weighted by molar-refractivity contribution is 7.99. The number of hydrogen-bond donors (Lipinski definition) is 0. The number of hydrogen-bond acceptors (Lipinski definition) is 5. The fraction of sp³-hybridized carbons (Fsp3) is 0.286. The molecular formula is C21H21FN2O2S2. The van der Waals surface area contributed by atoms with Gasteiger partial charge in [-0.1, -0.05) is 17.8 Å². The Bertz CT molecular complexity index is 1080. The Hall–Kier alpha value is -2.25. The number of ketones is 1. The molecule has 0 atom stereocenters. The van der Waals surface area contributed by atoms with Crippen molar-refractivity contribution in [1.82, 2.24) is 9.55 Å². The van der Waals surface area contributed by atoms with Crippen LogP contribution >= 0.6 is 23.1 Å². The molecule has 0 radical (unpaired) electrons. The summed E-state index contributed by atoms with van der Waals surface area (Å²) in [6, 6.07) is 5.59. The maximum Gasteiger partial charge on any atom is 0.263 e. The van der Waals surface area contributed by atoms with Gasteiger partial charge >= 0.3 is 0 Å². The zero-order valence-corrected chi connectivity index (χ0v) is 17.5. The normalized spacial score (nSPS) is 11.1. The molecule has 3 aromatic rings. The van der Waals surface area contributed by atoms with E-state index in [1.165, 1.54) is 47.4 Å². The molecule has 0 unspecified atom stereocenters. The summed E-state index contributed by atoms with van der Waals surface area (Å²) in [4.78, 5) is 31.6. The number of allylic oxidation sites excluding steroid dienone is 1. The molecule has 3 rings (SSSR count). The summed E-state index contributed by atoms with van der Waals surface area (Å²) < 4.78 is 14.6. The van der Waals surface area contributed by atoms with Crippen LogP contribution in [0.25, 0.3) is 10.2 Å². The largest absolute Gasteiger partial charge is 0.294 e. The Morgan fingerprint density at radius 1 is 1.32 bits per heavy atom. The first-order valence-corrected chi connectivity index (χ1v) is 10.8. The first-order valence-electron chi connectivity index (χ1n) is 8.95.